The molecule has 1 heterocycles. The van der Waals surface area contributed by atoms with Gasteiger partial charge in [0.2, 0.25) is 0 Å². The molecule has 1 saturated heterocycles. The Morgan fingerprint density at radius 1 is 1.54 bits per heavy atom. The highest BCUT2D eigenvalue weighted by molar-refractivity contribution is 4.85. The Kier molecular flexibility index (Phi) is 4.16. The first-order chi connectivity index (χ1) is 6.16. The van der Waals surface area contributed by atoms with Crippen LogP contribution >= 0.6 is 0 Å². The van der Waals surface area contributed by atoms with E-state index in [4.69, 9.17) is 4.74 Å². The normalized spacial score (nSPS) is 30.7. The number of nitrogens with zero attached hydrogens (tertiary/aromatic N) is 1. The predicted octanol–water partition coefficient (Wildman–Crippen LogP) is 0.870. The SMILES string of the molecule is COCCCC1(O)CCCN(C)C1. The molecule has 78 valence electrons. The molecule has 0 saturated carbocycles. The highest BCUT2D eigenvalue weighted by Gasteiger charge is 2.30. The molecule has 1 fully saturated rings. The molecular formula is C10H21NO2. The van der Waals surface area contributed by atoms with Gasteiger partial charge in [0, 0.05) is 20.3 Å². The Morgan fingerprint density at radius 2 is 2.31 bits per heavy atom. The van der Waals surface area contributed by atoms with E-state index in [1.54, 1.807) is 7.11 Å². The molecule has 1 aliphatic rings. The fraction of sp³-hybridized carbons (Fsp3) is 1.00. The van der Waals surface area contributed by atoms with E-state index in [1.165, 1.54) is 0 Å². The van der Waals surface area contributed by atoms with Gasteiger partial charge in [-0.25, -0.2) is 0 Å². The van der Waals surface area contributed by atoms with Crippen LogP contribution in [0, 0.1) is 0 Å². The van der Waals surface area contributed by atoms with Crippen molar-refractivity contribution < 1.29 is 9.84 Å². The summed E-state index contributed by atoms with van der Waals surface area (Å²) in [7, 11) is 3.78. The molecule has 0 aliphatic carbocycles. The average Bonchev–Trinajstić information content (AvgIpc) is 2.04. The molecule has 13 heavy (non-hydrogen) atoms. The largest absolute Gasteiger partial charge is 0.389 e. The van der Waals surface area contributed by atoms with Gasteiger partial charge in [-0.05, 0) is 39.3 Å². The summed E-state index contributed by atoms with van der Waals surface area (Å²) < 4.78 is 4.98. The highest BCUT2D eigenvalue weighted by atomic mass is 16.5. The third kappa shape index (κ3) is 3.63. The highest BCUT2D eigenvalue weighted by Crippen LogP contribution is 2.24. The Morgan fingerprint density at radius 3 is 2.92 bits per heavy atom. The van der Waals surface area contributed by atoms with Crippen LogP contribution in [0.5, 0.6) is 0 Å². The zero-order chi connectivity index (χ0) is 9.73. The third-order valence-electron chi connectivity index (χ3n) is 2.74. The lowest BCUT2D eigenvalue weighted by Gasteiger charge is -2.37. The second kappa shape index (κ2) is 4.94. The van der Waals surface area contributed by atoms with Crippen molar-refractivity contribution in [1.29, 1.82) is 0 Å². The number of β-amino-alcohol motifs (C(OH)–C–C–N with tert-alkyl or cyclic N) is 1. The number of hydrogen-bond donors (Lipinski definition) is 1. The molecule has 3 heteroatoms. The standard InChI is InChI=1S/C10H21NO2/c1-11-7-3-5-10(12,9-11)6-4-8-13-2/h12H,3-9H2,1-2H3. The fourth-order valence-electron chi connectivity index (χ4n) is 2.09. The number of aliphatic hydroxyl groups is 1. The van der Waals surface area contributed by atoms with Crippen LogP contribution in [0.1, 0.15) is 25.7 Å². The Hall–Kier alpha value is -0.120. The molecule has 3 nitrogen and oxygen atoms in total. The lowest BCUT2D eigenvalue weighted by Crippen LogP contribution is -2.46. The number of methoxy groups -OCH3 is 1. The maximum Gasteiger partial charge on any atom is 0.0775 e. The van der Waals surface area contributed by atoms with Gasteiger partial charge in [0.25, 0.3) is 0 Å². The Balaban J connectivity index is 2.27. The van der Waals surface area contributed by atoms with Gasteiger partial charge >= 0.3 is 0 Å². The van der Waals surface area contributed by atoms with Gasteiger partial charge in [0.1, 0.15) is 0 Å². The lowest BCUT2D eigenvalue weighted by molar-refractivity contribution is -0.0342. The topological polar surface area (TPSA) is 32.7 Å². The summed E-state index contributed by atoms with van der Waals surface area (Å²) in [6, 6.07) is 0. The summed E-state index contributed by atoms with van der Waals surface area (Å²) >= 11 is 0. The van der Waals surface area contributed by atoms with E-state index in [1.807, 2.05) is 0 Å². The van der Waals surface area contributed by atoms with Crippen molar-refractivity contribution in [1.82, 2.24) is 4.90 Å². The smallest absolute Gasteiger partial charge is 0.0775 e. The van der Waals surface area contributed by atoms with Gasteiger partial charge in [-0.1, -0.05) is 0 Å². The van der Waals surface area contributed by atoms with Crippen LogP contribution in [0.15, 0.2) is 0 Å². The zero-order valence-electron chi connectivity index (χ0n) is 8.75. The van der Waals surface area contributed by atoms with Gasteiger partial charge in [0.15, 0.2) is 0 Å². The summed E-state index contributed by atoms with van der Waals surface area (Å²) in [6.07, 6.45) is 3.88. The van der Waals surface area contributed by atoms with E-state index in [-0.39, 0.29) is 0 Å². The minimum Gasteiger partial charge on any atom is -0.389 e. The summed E-state index contributed by atoms with van der Waals surface area (Å²) in [6.45, 7) is 2.69. The first-order valence-corrected chi connectivity index (χ1v) is 5.06. The predicted molar refractivity (Wildman–Crippen MR) is 52.8 cm³/mol. The number of ether oxygens (including phenoxy) is 1. The number of likely N-dealkylation sites (N-methyl/N-ethyl adjacent to an activating group) is 1. The molecule has 1 aliphatic heterocycles. The van der Waals surface area contributed by atoms with Crippen molar-refractivity contribution in [3.05, 3.63) is 0 Å². The molecule has 0 aromatic carbocycles. The Labute approximate surface area is 80.7 Å². The molecule has 1 unspecified atom stereocenters. The number of likely N-dealkylation sites (tertiary alicyclic amines) is 1. The van der Waals surface area contributed by atoms with Crippen molar-refractivity contribution >= 4 is 0 Å². The third-order valence-corrected chi connectivity index (χ3v) is 2.74. The molecule has 1 rings (SSSR count). The number of piperidine rings is 1. The minimum atomic E-state index is -0.453. The molecule has 0 amide bonds. The van der Waals surface area contributed by atoms with Gasteiger partial charge in [0.05, 0.1) is 5.60 Å². The number of hydrogen-bond acceptors (Lipinski definition) is 3. The summed E-state index contributed by atoms with van der Waals surface area (Å²) in [4.78, 5) is 2.20. The molecule has 1 N–H and O–H groups in total. The van der Waals surface area contributed by atoms with E-state index in [0.29, 0.717) is 0 Å². The van der Waals surface area contributed by atoms with E-state index in [0.717, 1.165) is 45.4 Å². The van der Waals surface area contributed by atoms with Crippen molar-refractivity contribution in [3.63, 3.8) is 0 Å². The van der Waals surface area contributed by atoms with Crippen LogP contribution in [-0.2, 0) is 4.74 Å². The van der Waals surface area contributed by atoms with Crippen LogP contribution in [0.3, 0.4) is 0 Å². The second-order valence-corrected chi connectivity index (χ2v) is 4.16. The summed E-state index contributed by atoms with van der Waals surface area (Å²) in [5.74, 6) is 0. The van der Waals surface area contributed by atoms with Crippen LogP contribution in [-0.4, -0.2) is 49.5 Å². The molecule has 0 bridgehead atoms. The fourth-order valence-corrected chi connectivity index (χ4v) is 2.09. The quantitative estimate of drug-likeness (QED) is 0.663. The maximum atomic E-state index is 10.2. The van der Waals surface area contributed by atoms with Crippen LogP contribution < -0.4 is 0 Å². The second-order valence-electron chi connectivity index (χ2n) is 4.16. The van der Waals surface area contributed by atoms with Crippen molar-refractivity contribution in [2.45, 2.75) is 31.3 Å². The van der Waals surface area contributed by atoms with Gasteiger partial charge in [-0.15, -0.1) is 0 Å². The first-order valence-electron chi connectivity index (χ1n) is 5.06. The molecular weight excluding hydrogens is 166 g/mol. The molecule has 0 radical (unpaired) electrons. The molecule has 0 aromatic heterocycles. The van der Waals surface area contributed by atoms with Crippen molar-refractivity contribution in [2.75, 3.05) is 33.9 Å². The average molecular weight is 187 g/mol. The van der Waals surface area contributed by atoms with Crippen LogP contribution in [0.4, 0.5) is 0 Å². The lowest BCUT2D eigenvalue weighted by atomic mass is 9.89. The van der Waals surface area contributed by atoms with Crippen molar-refractivity contribution in [3.8, 4) is 0 Å². The van der Waals surface area contributed by atoms with E-state index >= 15 is 0 Å². The maximum absolute atomic E-state index is 10.2. The van der Waals surface area contributed by atoms with Gasteiger partial charge in [-0.3, -0.25) is 0 Å². The van der Waals surface area contributed by atoms with Crippen LogP contribution in [0.25, 0.3) is 0 Å². The zero-order valence-corrected chi connectivity index (χ0v) is 8.75. The first kappa shape index (κ1) is 11.0. The van der Waals surface area contributed by atoms with Crippen LogP contribution in [0.2, 0.25) is 0 Å². The number of rotatable bonds is 4. The molecule has 0 aromatic rings. The molecule has 0 spiro atoms. The van der Waals surface area contributed by atoms with E-state index in [2.05, 4.69) is 11.9 Å². The summed E-state index contributed by atoms with van der Waals surface area (Å²) in [5, 5.41) is 10.2. The molecule has 1 atom stereocenters. The Bertz CT molecular complexity index is 152. The monoisotopic (exact) mass is 187 g/mol. The van der Waals surface area contributed by atoms with E-state index in [9.17, 15) is 5.11 Å². The van der Waals surface area contributed by atoms with Crippen molar-refractivity contribution in [2.24, 2.45) is 0 Å². The minimum absolute atomic E-state index is 0.453. The van der Waals surface area contributed by atoms with E-state index < -0.39 is 5.60 Å². The summed E-state index contributed by atoms with van der Waals surface area (Å²) in [5.41, 5.74) is -0.453. The van der Waals surface area contributed by atoms with Gasteiger partial charge in [-0.2, -0.15) is 0 Å². The van der Waals surface area contributed by atoms with Gasteiger partial charge < -0.3 is 14.7 Å².